The molecule has 0 radical (unpaired) electrons. The Hall–Kier alpha value is -1.04. The molecule has 1 aromatic carbocycles. The van der Waals surface area contributed by atoms with Crippen molar-refractivity contribution in [3.05, 3.63) is 35.4 Å². The average molecular weight is 429 g/mol. The van der Waals surface area contributed by atoms with E-state index in [0.29, 0.717) is 31.8 Å². The van der Waals surface area contributed by atoms with Gasteiger partial charge >= 0.3 is 0 Å². The van der Waals surface area contributed by atoms with Crippen LogP contribution < -0.4 is 0 Å². The largest absolute Gasteiger partial charge is 0.328 e. The van der Waals surface area contributed by atoms with Gasteiger partial charge in [0.25, 0.3) is 5.97 Å². The zero-order valence-corrected chi connectivity index (χ0v) is 19.5. The second-order valence-corrected chi connectivity index (χ2v) is 7.83. The average Bonchev–Trinajstić information content (AvgIpc) is 2.69. The summed E-state index contributed by atoms with van der Waals surface area (Å²) in [6, 6.07) is 3.73. The van der Waals surface area contributed by atoms with E-state index >= 15 is 0 Å². The number of ether oxygens (including phenoxy) is 3. The Kier molecular flexibility index (Phi) is 14.1. The second-order valence-electron chi connectivity index (χ2n) is 7.83. The van der Waals surface area contributed by atoms with Gasteiger partial charge in [0, 0.05) is 31.8 Å². The summed E-state index contributed by atoms with van der Waals surface area (Å²) >= 11 is 0. The van der Waals surface area contributed by atoms with Crippen LogP contribution in [0.2, 0.25) is 0 Å². The molecule has 0 heterocycles. The molecule has 0 N–H and O–H groups in total. The van der Waals surface area contributed by atoms with Gasteiger partial charge in [-0.25, -0.2) is 8.78 Å². The Morgan fingerprint density at radius 2 is 1.20 bits per heavy atom. The molecule has 1 unspecified atom stereocenters. The maximum Gasteiger partial charge on any atom is 0.285 e. The predicted octanol–water partition coefficient (Wildman–Crippen LogP) is 7.42. The molecule has 1 atom stereocenters. The topological polar surface area (TPSA) is 27.7 Å². The quantitative estimate of drug-likeness (QED) is 0.180. The van der Waals surface area contributed by atoms with Crippen LogP contribution in [0.15, 0.2) is 18.2 Å². The van der Waals surface area contributed by atoms with Crippen molar-refractivity contribution >= 4 is 0 Å². The summed E-state index contributed by atoms with van der Waals surface area (Å²) in [5, 5.41) is 0. The molecule has 0 amide bonds. The fourth-order valence-electron chi connectivity index (χ4n) is 4.06. The normalized spacial score (nSPS) is 13.0. The Labute approximate surface area is 182 Å². The van der Waals surface area contributed by atoms with E-state index in [0.717, 1.165) is 31.7 Å². The third-order valence-corrected chi connectivity index (χ3v) is 5.38. The van der Waals surface area contributed by atoms with Crippen molar-refractivity contribution in [3.8, 4) is 0 Å². The number of unbranched alkanes of at least 4 members (excludes halogenated alkanes) is 5. The van der Waals surface area contributed by atoms with E-state index < -0.39 is 17.6 Å². The lowest BCUT2D eigenvalue weighted by Crippen LogP contribution is -2.46. The summed E-state index contributed by atoms with van der Waals surface area (Å²) in [7, 11) is 0. The second kappa shape index (κ2) is 15.7. The first kappa shape index (κ1) is 27.0. The summed E-state index contributed by atoms with van der Waals surface area (Å²) in [5.41, 5.74) is 0.681. The minimum Gasteiger partial charge on any atom is -0.328 e. The van der Waals surface area contributed by atoms with E-state index in [9.17, 15) is 8.78 Å². The predicted molar refractivity (Wildman–Crippen MR) is 118 cm³/mol. The van der Waals surface area contributed by atoms with Gasteiger partial charge in [-0.1, -0.05) is 45.4 Å². The lowest BCUT2D eigenvalue weighted by Gasteiger charge is -2.39. The number of hydrogen-bond acceptors (Lipinski definition) is 3. The van der Waals surface area contributed by atoms with E-state index in [1.165, 1.54) is 44.2 Å². The van der Waals surface area contributed by atoms with Gasteiger partial charge in [-0.2, -0.15) is 0 Å². The molecule has 5 heteroatoms. The van der Waals surface area contributed by atoms with Crippen molar-refractivity contribution < 1.29 is 23.0 Å². The highest BCUT2D eigenvalue weighted by Crippen LogP contribution is 2.34. The van der Waals surface area contributed by atoms with E-state index in [1.807, 2.05) is 20.8 Å². The Morgan fingerprint density at radius 1 is 0.700 bits per heavy atom. The number of halogens is 2. The van der Waals surface area contributed by atoms with Gasteiger partial charge in [-0.15, -0.1) is 0 Å². The van der Waals surface area contributed by atoms with Crippen molar-refractivity contribution in [2.45, 2.75) is 97.9 Å². The molecule has 0 aliphatic heterocycles. The van der Waals surface area contributed by atoms with E-state index in [2.05, 4.69) is 6.92 Å². The Morgan fingerprint density at radius 3 is 1.73 bits per heavy atom. The van der Waals surface area contributed by atoms with Gasteiger partial charge in [0.2, 0.25) is 0 Å². The molecular formula is C25H42F2O3. The summed E-state index contributed by atoms with van der Waals surface area (Å²) < 4.78 is 45.1. The van der Waals surface area contributed by atoms with E-state index in [-0.39, 0.29) is 5.92 Å². The highest BCUT2D eigenvalue weighted by atomic mass is 19.1. The minimum absolute atomic E-state index is 0.0712. The van der Waals surface area contributed by atoms with Crippen LogP contribution in [-0.4, -0.2) is 25.8 Å². The summed E-state index contributed by atoms with van der Waals surface area (Å²) in [6.45, 7) is 9.58. The molecule has 0 aliphatic rings. The van der Waals surface area contributed by atoms with Crippen LogP contribution in [0.3, 0.4) is 0 Å². The Balaban J connectivity index is 2.80. The van der Waals surface area contributed by atoms with Gasteiger partial charge in [0.1, 0.15) is 11.6 Å². The first-order chi connectivity index (χ1) is 14.5. The molecule has 30 heavy (non-hydrogen) atoms. The number of hydrogen-bond donors (Lipinski definition) is 0. The number of benzene rings is 1. The molecule has 174 valence electrons. The molecule has 0 saturated carbocycles. The van der Waals surface area contributed by atoms with Crippen molar-refractivity contribution in [3.63, 3.8) is 0 Å². The lowest BCUT2D eigenvalue weighted by atomic mass is 9.91. The number of rotatable bonds is 18. The third-order valence-electron chi connectivity index (χ3n) is 5.38. The fraction of sp³-hybridized carbons (Fsp3) is 0.760. The Bertz CT molecular complexity index is 528. The highest BCUT2D eigenvalue weighted by Gasteiger charge is 2.41. The summed E-state index contributed by atoms with van der Waals surface area (Å²) in [5.74, 6) is -2.03. The maximum absolute atomic E-state index is 13.5. The summed E-state index contributed by atoms with van der Waals surface area (Å²) in [4.78, 5) is 0. The van der Waals surface area contributed by atoms with Crippen molar-refractivity contribution in [1.29, 1.82) is 0 Å². The third kappa shape index (κ3) is 9.84. The van der Waals surface area contributed by atoms with Crippen LogP contribution in [0.25, 0.3) is 0 Å². The molecule has 0 bridgehead atoms. The molecule has 0 spiro atoms. The maximum atomic E-state index is 13.5. The molecule has 3 nitrogen and oxygen atoms in total. The van der Waals surface area contributed by atoms with Crippen LogP contribution in [0.1, 0.15) is 91.0 Å². The lowest BCUT2D eigenvalue weighted by molar-refractivity contribution is -0.403. The van der Waals surface area contributed by atoms with Crippen molar-refractivity contribution in [2.24, 2.45) is 5.92 Å². The molecule has 0 saturated heterocycles. The SMILES string of the molecule is CCCCCCCCC(CCCc1cc(F)cc(F)c1)C(OCC)(OCC)OCC. The van der Waals surface area contributed by atoms with Crippen LogP contribution in [-0.2, 0) is 20.6 Å². The van der Waals surface area contributed by atoms with Crippen LogP contribution in [0.4, 0.5) is 8.78 Å². The molecule has 0 aromatic heterocycles. The van der Waals surface area contributed by atoms with Gasteiger partial charge in [0.15, 0.2) is 0 Å². The standard InChI is InChI=1S/C25H42F2O3/c1-5-9-10-11-12-13-16-22(25(28-6-2,29-7-3)30-8-4)17-14-15-21-18-23(26)20-24(27)19-21/h18-20,22H,5-17H2,1-4H3. The van der Waals surface area contributed by atoms with Crippen LogP contribution in [0.5, 0.6) is 0 Å². The van der Waals surface area contributed by atoms with Gasteiger partial charge in [0.05, 0.1) is 0 Å². The van der Waals surface area contributed by atoms with Gasteiger partial charge in [-0.05, 0) is 64.2 Å². The van der Waals surface area contributed by atoms with Crippen molar-refractivity contribution in [2.75, 3.05) is 19.8 Å². The molecule has 1 rings (SSSR count). The smallest absolute Gasteiger partial charge is 0.285 e. The van der Waals surface area contributed by atoms with Gasteiger partial charge < -0.3 is 14.2 Å². The van der Waals surface area contributed by atoms with Crippen molar-refractivity contribution in [1.82, 2.24) is 0 Å². The molecular weight excluding hydrogens is 386 g/mol. The van der Waals surface area contributed by atoms with E-state index in [4.69, 9.17) is 14.2 Å². The minimum atomic E-state index is -1.05. The molecule has 0 fully saturated rings. The monoisotopic (exact) mass is 428 g/mol. The fourth-order valence-corrected chi connectivity index (χ4v) is 4.06. The summed E-state index contributed by atoms with van der Waals surface area (Å²) in [6.07, 6.45) is 10.5. The van der Waals surface area contributed by atoms with Gasteiger partial charge in [-0.3, -0.25) is 0 Å². The highest BCUT2D eigenvalue weighted by molar-refractivity contribution is 5.17. The molecule has 1 aromatic rings. The van der Waals surface area contributed by atoms with Crippen LogP contribution in [0, 0.1) is 17.6 Å². The first-order valence-electron chi connectivity index (χ1n) is 11.9. The van der Waals surface area contributed by atoms with E-state index in [1.54, 1.807) is 0 Å². The molecule has 0 aliphatic carbocycles. The zero-order chi connectivity index (χ0) is 22.2. The number of aryl methyl sites for hydroxylation is 1. The zero-order valence-electron chi connectivity index (χ0n) is 19.5. The first-order valence-corrected chi connectivity index (χ1v) is 11.9. The van der Waals surface area contributed by atoms with Crippen LogP contribution >= 0.6 is 0 Å².